The summed E-state index contributed by atoms with van der Waals surface area (Å²) in [5.74, 6) is -1.69. The fourth-order valence-corrected chi connectivity index (χ4v) is 6.99. The summed E-state index contributed by atoms with van der Waals surface area (Å²) in [7, 11) is 0. The van der Waals surface area contributed by atoms with Gasteiger partial charge in [-0.05, 0) is 29.0 Å². The van der Waals surface area contributed by atoms with Crippen LogP contribution in [0.5, 0.6) is 0 Å². The van der Waals surface area contributed by atoms with Crippen LogP contribution >= 0.6 is 0 Å². The number of hydrogen-bond donors (Lipinski definition) is 2. The van der Waals surface area contributed by atoms with Crippen molar-refractivity contribution in [1.82, 2.24) is 0 Å². The largest absolute Gasteiger partial charge is 0.320 e. The third-order valence-electron chi connectivity index (χ3n) is 8.12. The molecule has 32 heavy (non-hydrogen) atoms. The summed E-state index contributed by atoms with van der Waals surface area (Å²) in [6, 6.07) is 21.2. The third kappa shape index (κ3) is 1.97. The predicted octanol–water partition coefficient (Wildman–Crippen LogP) is 1.85. The van der Waals surface area contributed by atoms with Crippen LogP contribution in [0.2, 0.25) is 0 Å². The van der Waals surface area contributed by atoms with Gasteiger partial charge in [-0.15, -0.1) is 0 Å². The van der Waals surface area contributed by atoms with Crippen LogP contribution < -0.4 is 15.1 Å². The Bertz CT molecular complexity index is 1350. The third-order valence-corrected chi connectivity index (χ3v) is 8.12. The SMILES string of the molecule is O=C1[C@H]2[C@H]3CCC[NH+]3[C@@]3(C(=O)Nc4ccccc43)[C@@H]2C(=O)N1c1ccc2ccccc2c1. The number of para-hydroxylation sites is 1. The first kappa shape index (κ1) is 18.1. The highest BCUT2D eigenvalue weighted by Crippen LogP contribution is 2.52. The molecule has 6 heteroatoms. The molecule has 3 fully saturated rings. The number of rotatable bonds is 1. The van der Waals surface area contributed by atoms with Crippen molar-refractivity contribution in [3.8, 4) is 0 Å². The number of quaternary nitrogens is 1. The van der Waals surface area contributed by atoms with Gasteiger partial charge in [0.25, 0.3) is 5.91 Å². The van der Waals surface area contributed by atoms with Crippen molar-refractivity contribution in [2.45, 2.75) is 24.4 Å². The van der Waals surface area contributed by atoms with Crippen LogP contribution in [0.4, 0.5) is 11.4 Å². The molecule has 3 saturated heterocycles. The van der Waals surface area contributed by atoms with Gasteiger partial charge in [0.2, 0.25) is 17.4 Å². The molecule has 4 aliphatic rings. The molecule has 5 atom stereocenters. The Balaban J connectivity index is 1.42. The molecule has 3 amide bonds. The van der Waals surface area contributed by atoms with Gasteiger partial charge in [0, 0.05) is 18.4 Å². The first-order chi connectivity index (χ1) is 15.6. The predicted molar refractivity (Wildman–Crippen MR) is 119 cm³/mol. The molecule has 0 aliphatic carbocycles. The van der Waals surface area contributed by atoms with E-state index in [4.69, 9.17) is 0 Å². The van der Waals surface area contributed by atoms with E-state index in [-0.39, 0.29) is 23.8 Å². The maximum absolute atomic E-state index is 14.0. The molecular weight excluding hydrogens is 402 g/mol. The van der Waals surface area contributed by atoms with Gasteiger partial charge in [-0.3, -0.25) is 14.4 Å². The summed E-state index contributed by atoms with van der Waals surface area (Å²) >= 11 is 0. The van der Waals surface area contributed by atoms with Crippen LogP contribution in [0, 0.1) is 11.8 Å². The summed E-state index contributed by atoms with van der Waals surface area (Å²) in [5.41, 5.74) is 1.19. The molecule has 0 aromatic heterocycles. The maximum Gasteiger partial charge on any atom is 0.291 e. The van der Waals surface area contributed by atoms with E-state index in [1.807, 2.05) is 66.7 Å². The molecular formula is C26H22N3O3+. The van der Waals surface area contributed by atoms with Crippen molar-refractivity contribution < 1.29 is 19.3 Å². The molecule has 0 bridgehead atoms. The number of carbonyl (C=O) groups is 3. The van der Waals surface area contributed by atoms with Gasteiger partial charge in [0.1, 0.15) is 17.9 Å². The minimum atomic E-state index is -1.03. The monoisotopic (exact) mass is 424 g/mol. The Labute approximate surface area is 184 Å². The zero-order valence-corrected chi connectivity index (χ0v) is 17.4. The van der Waals surface area contributed by atoms with E-state index in [9.17, 15) is 14.4 Å². The number of anilines is 2. The fraction of sp³-hybridized carbons (Fsp3) is 0.269. The lowest BCUT2D eigenvalue weighted by Gasteiger charge is -2.33. The van der Waals surface area contributed by atoms with Crippen LogP contribution in [0.25, 0.3) is 10.8 Å². The van der Waals surface area contributed by atoms with E-state index in [1.165, 1.54) is 4.90 Å². The number of hydrogen-bond acceptors (Lipinski definition) is 3. The van der Waals surface area contributed by atoms with E-state index < -0.39 is 17.4 Å². The zero-order chi connectivity index (χ0) is 21.6. The van der Waals surface area contributed by atoms with Crippen LogP contribution in [0.3, 0.4) is 0 Å². The van der Waals surface area contributed by atoms with Gasteiger partial charge in [0.15, 0.2) is 0 Å². The summed E-state index contributed by atoms with van der Waals surface area (Å²) in [4.78, 5) is 43.8. The van der Waals surface area contributed by atoms with Gasteiger partial charge < -0.3 is 10.2 Å². The standard InChI is InChI=1S/C26H21N3O3/c30-23-21-20-10-5-13-28(20)26(18-8-3-4-9-19(18)27-25(26)32)22(21)24(31)29(23)17-12-11-15-6-1-2-7-16(15)14-17/h1-4,6-9,11-12,14,20-22H,5,10,13H2,(H,27,32)/p+1/t20-,21+,22+,26-/m1/s1. The molecule has 0 saturated carbocycles. The molecule has 1 unspecified atom stereocenters. The highest BCUT2D eigenvalue weighted by molar-refractivity contribution is 6.25. The van der Waals surface area contributed by atoms with Crippen molar-refractivity contribution in [1.29, 1.82) is 0 Å². The average Bonchev–Trinajstić information content (AvgIpc) is 3.51. The van der Waals surface area contributed by atoms with Crippen molar-refractivity contribution in [2.24, 2.45) is 11.8 Å². The molecule has 158 valence electrons. The zero-order valence-electron chi connectivity index (χ0n) is 17.4. The summed E-state index contributed by atoms with van der Waals surface area (Å²) in [6.45, 7) is 0.802. The van der Waals surface area contributed by atoms with Crippen molar-refractivity contribution in [2.75, 3.05) is 16.8 Å². The van der Waals surface area contributed by atoms with Crippen molar-refractivity contribution in [3.05, 3.63) is 72.3 Å². The van der Waals surface area contributed by atoms with Crippen LogP contribution in [0.15, 0.2) is 66.7 Å². The van der Waals surface area contributed by atoms with Gasteiger partial charge in [-0.25, -0.2) is 4.90 Å². The molecule has 4 heterocycles. The minimum Gasteiger partial charge on any atom is -0.320 e. The Hall–Kier alpha value is -3.51. The number of imide groups is 1. The second-order valence-electron chi connectivity index (χ2n) is 9.38. The van der Waals surface area contributed by atoms with E-state index in [2.05, 4.69) is 5.32 Å². The van der Waals surface area contributed by atoms with E-state index in [0.717, 1.165) is 46.3 Å². The van der Waals surface area contributed by atoms with Gasteiger partial charge in [-0.2, -0.15) is 0 Å². The Morgan fingerprint density at radius 2 is 1.69 bits per heavy atom. The number of nitrogens with zero attached hydrogens (tertiary/aromatic N) is 1. The summed E-state index contributed by atoms with van der Waals surface area (Å²) in [6.07, 6.45) is 1.82. The number of amides is 3. The smallest absolute Gasteiger partial charge is 0.291 e. The second-order valence-corrected chi connectivity index (χ2v) is 9.38. The normalized spacial score (nSPS) is 32.5. The van der Waals surface area contributed by atoms with E-state index in [0.29, 0.717) is 5.69 Å². The first-order valence-electron chi connectivity index (χ1n) is 11.3. The molecule has 3 aromatic rings. The Morgan fingerprint density at radius 1 is 0.906 bits per heavy atom. The fourth-order valence-electron chi connectivity index (χ4n) is 6.99. The quantitative estimate of drug-likeness (QED) is 0.586. The molecule has 2 N–H and O–H groups in total. The van der Waals surface area contributed by atoms with Crippen molar-refractivity contribution in [3.63, 3.8) is 0 Å². The average molecular weight is 424 g/mol. The molecule has 7 rings (SSSR count). The summed E-state index contributed by atoms with van der Waals surface area (Å²) in [5, 5.41) is 5.07. The van der Waals surface area contributed by atoms with Crippen LogP contribution in [-0.2, 0) is 19.9 Å². The van der Waals surface area contributed by atoms with Crippen LogP contribution in [-0.4, -0.2) is 30.3 Å². The molecule has 4 aliphatic heterocycles. The maximum atomic E-state index is 14.0. The molecule has 0 radical (unpaired) electrons. The van der Waals surface area contributed by atoms with Gasteiger partial charge in [0.05, 0.1) is 17.9 Å². The first-order valence-corrected chi connectivity index (χ1v) is 11.3. The molecule has 3 aromatic carbocycles. The topological polar surface area (TPSA) is 70.9 Å². The lowest BCUT2D eigenvalue weighted by atomic mass is 9.75. The number of carbonyl (C=O) groups excluding carboxylic acids is 3. The highest BCUT2D eigenvalue weighted by Gasteiger charge is 2.78. The van der Waals surface area contributed by atoms with Gasteiger partial charge in [-0.1, -0.05) is 48.5 Å². The lowest BCUT2D eigenvalue weighted by molar-refractivity contribution is -0.948. The van der Waals surface area contributed by atoms with Gasteiger partial charge >= 0.3 is 0 Å². The molecule has 6 nitrogen and oxygen atoms in total. The van der Waals surface area contributed by atoms with E-state index in [1.54, 1.807) is 0 Å². The van der Waals surface area contributed by atoms with E-state index >= 15 is 0 Å². The number of benzene rings is 3. The summed E-state index contributed by atoms with van der Waals surface area (Å²) < 4.78 is 0. The minimum absolute atomic E-state index is 0.0150. The lowest BCUT2D eigenvalue weighted by Crippen LogP contribution is -3.19. The number of nitrogens with one attached hydrogen (secondary N) is 2. The van der Waals surface area contributed by atoms with Crippen LogP contribution in [0.1, 0.15) is 18.4 Å². The Morgan fingerprint density at radius 3 is 2.56 bits per heavy atom. The highest BCUT2D eigenvalue weighted by atomic mass is 16.2. The van der Waals surface area contributed by atoms with Crippen molar-refractivity contribution >= 4 is 39.9 Å². The number of fused-ring (bicyclic) bond motifs is 8. The second kappa shape index (κ2) is 6.04. The molecule has 1 spiro atoms. The Kier molecular flexibility index (Phi) is 3.42.